The third kappa shape index (κ3) is 1.98. The zero-order valence-corrected chi connectivity index (χ0v) is 7.35. The highest BCUT2D eigenvalue weighted by Crippen LogP contribution is 2.35. The average molecular weight is 210 g/mol. The van der Waals surface area contributed by atoms with Crippen molar-refractivity contribution >= 4 is 11.6 Å². The lowest BCUT2D eigenvalue weighted by Crippen LogP contribution is -1.94. The lowest BCUT2D eigenvalue weighted by atomic mass is 10.3. The van der Waals surface area contributed by atoms with E-state index in [1.165, 1.54) is 7.11 Å². The summed E-state index contributed by atoms with van der Waals surface area (Å²) in [6.45, 7) is 0. The molecular weight excluding hydrogens is 204 g/mol. The van der Waals surface area contributed by atoms with Gasteiger partial charge in [-0.05, 0) is 0 Å². The molecule has 0 saturated heterocycles. The fraction of sp³-hybridized carbons (Fsp3) is 0.286. The Balaban J connectivity index is 3.27. The zero-order valence-electron chi connectivity index (χ0n) is 6.59. The first-order chi connectivity index (χ1) is 6.06. The van der Waals surface area contributed by atoms with Crippen molar-refractivity contribution in [2.75, 3.05) is 7.11 Å². The minimum Gasteiger partial charge on any atom is -0.503 e. The Morgan fingerprint density at radius 2 is 2.23 bits per heavy atom. The van der Waals surface area contributed by atoms with Gasteiger partial charge in [-0.2, -0.15) is 0 Å². The second-order valence-electron chi connectivity index (χ2n) is 2.18. The summed E-state index contributed by atoms with van der Waals surface area (Å²) in [5.74, 6) is -0.794. The summed E-state index contributed by atoms with van der Waals surface area (Å²) < 4.78 is 29.0. The zero-order chi connectivity index (χ0) is 10.0. The topological polar surface area (TPSA) is 42.4 Å². The molecule has 6 heteroatoms. The van der Waals surface area contributed by atoms with Gasteiger partial charge in [-0.1, -0.05) is 11.6 Å². The molecule has 1 heterocycles. The Kier molecular flexibility index (Phi) is 2.87. The van der Waals surface area contributed by atoms with E-state index in [4.69, 9.17) is 16.7 Å². The van der Waals surface area contributed by atoms with Gasteiger partial charge in [-0.25, -0.2) is 13.8 Å². The number of ether oxygens (including phenoxy) is 1. The summed E-state index contributed by atoms with van der Waals surface area (Å²) in [7, 11) is 1.24. The number of pyridine rings is 1. The monoisotopic (exact) mass is 209 g/mol. The molecule has 0 spiro atoms. The fourth-order valence-corrected chi connectivity index (χ4v) is 1.00. The van der Waals surface area contributed by atoms with Crippen LogP contribution in [0.2, 0.25) is 5.15 Å². The number of alkyl halides is 2. The molecule has 0 aliphatic rings. The number of aromatic hydroxyl groups is 1. The number of methoxy groups -OCH3 is 1. The largest absolute Gasteiger partial charge is 0.503 e. The molecule has 1 N–H and O–H groups in total. The quantitative estimate of drug-likeness (QED) is 0.761. The van der Waals surface area contributed by atoms with Crippen molar-refractivity contribution in [1.82, 2.24) is 4.98 Å². The van der Waals surface area contributed by atoms with E-state index in [0.717, 1.165) is 6.07 Å². The summed E-state index contributed by atoms with van der Waals surface area (Å²) in [5, 5.41) is 9.01. The number of hydrogen-bond acceptors (Lipinski definition) is 3. The van der Waals surface area contributed by atoms with E-state index in [0.29, 0.717) is 0 Å². The molecule has 0 bridgehead atoms. The van der Waals surface area contributed by atoms with Crippen LogP contribution in [0.1, 0.15) is 12.1 Å². The second-order valence-corrected chi connectivity index (χ2v) is 2.57. The molecule has 1 aromatic heterocycles. The van der Waals surface area contributed by atoms with Crippen molar-refractivity contribution in [2.45, 2.75) is 6.43 Å². The number of hydrogen-bond donors (Lipinski definition) is 1. The first-order valence-electron chi connectivity index (χ1n) is 3.27. The summed E-state index contributed by atoms with van der Waals surface area (Å²) in [6.07, 6.45) is -2.88. The van der Waals surface area contributed by atoms with Crippen molar-refractivity contribution in [2.24, 2.45) is 0 Å². The van der Waals surface area contributed by atoms with Gasteiger partial charge in [0.05, 0.1) is 7.11 Å². The Bertz CT molecular complexity index is 320. The first kappa shape index (κ1) is 9.98. The van der Waals surface area contributed by atoms with Crippen LogP contribution in [0, 0.1) is 0 Å². The SMILES string of the molecule is COc1cc(Cl)nc(C(F)F)c1O. The first-order valence-corrected chi connectivity index (χ1v) is 3.65. The highest BCUT2D eigenvalue weighted by Gasteiger charge is 2.19. The highest BCUT2D eigenvalue weighted by atomic mass is 35.5. The fourth-order valence-electron chi connectivity index (χ4n) is 0.811. The Labute approximate surface area is 77.9 Å². The van der Waals surface area contributed by atoms with Crippen LogP contribution in [-0.4, -0.2) is 17.2 Å². The Morgan fingerprint density at radius 3 is 2.69 bits per heavy atom. The van der Waals surface area contributed by atoms with E-state index in [1.807, 2.05) is 0 Å². The molecule has 72 valence electrons. The lowest BCUT2D eigenvalue weighted by molar-refractivity contribution is 0.141. The minimum atomic E-state index is -2.88. The Hall–Kier alpha value is -1.10. The molecule has 13 heavy (non-hydrogen) atoms. The van der Waals surface area contributed by atoms with E-state index in [-0.39, 0.29) is 10.9 Å². The molecule has 3 nitrogen and oxygen atoms in total. The van der Waals surface area contributed by atoms with Gasteiger partial charge in [-0.3, -0.25) is 0 Å². The van der Waals surface area contributed by atoms with Crippen molar-refractivity contribution in [1.29, 1.82) is 0 Å². The normalized spacial score (nSPS) is 10.5. The van der Waals surface area contributed by atoms with E-state index < -0.39 is 17.9 Å². The summed E-state index contributed by atoms with van der Waals surface area (Å²) in [5.41, 5.74) is -0.774. The maximum atomic E-state index is 12.2. The third-order valence-electron chi connectivity index (χ3n) is 1.38. The predicted molar refractivity (Wildman–Crippen MR) is 42.4 cm³/mol. The Morgan fingerprint density at radius 1 is 1.62 bits per heavy atom. The van der Waals surface area contributed by atoms with Gasteiger partial charge in [0.1, 0.15) is 5.15 Å². The van der Waals surface area contributed by atoms with Crippen molar-refractivity contribution in [3.05, 3.63) is 16.9 Å². The molecule has 0 aliphatic heterocycles. The van der Waals surface area contributed by atoms with Gasteiger partial charge in [0.2, 0.25) is 0 Å². The van der Waals surface area contributed by atoms with Gasteiger partial charge in [-0.15, -0.1) is 0 Å². The van der Waals surface area contributed by atoms with Crippen LogP contribution in [0.15, 0.2) is 6.07 Å². The molecule has 1 rings (SSSR count). The van der Waals surface area contributed by atoms with Crippen LogP contribution in [0.5, 0.6) is 11.5 Å². The molecule has 0 fully saturated rings. The van der Waals surface area contributed by atoms with Crippen molar-refractivity contribution < 1.29 is 18.6 Å². The number of halogens is 3. The van der Waals surface area contributed by atoms with E-state index >= 15 is 0 Å². The molecule has 0 radical (unpaired) electrons. The summed E-state index contributed by atoms with van der Waals surface area (Å²) in [4.78, 5) is 3.27. The molecule has 0 saturated carbocycles. The molecular formula is C7H6ClF2NO2. The van der Waals surface area contributed by atoms with Crippen molar-refractivity contribution in [3.63, 3.8) is 0 Å². The standard InChI is InChI=1S/C7H6ClF2NO2/c1-13-3-2-4(8)11-5(6(3)12)7(9)10/h2,7,12H,1H3. The lowest BCUT2D eigenvalue weighted by Gasteiger charge is -2.07. The molecule has 0 unspecified atom stereocenters. The van der Waals surface area contributed by atoms with Crippen LogP contribution < -0.4 is 4.74 Å². The van der Waals surface area contributed by atoms with Crippen LogP contribution in [0.25, 0.3) is 0 Å². The van der Waals surface area contributed by atoms with Crippen LogP contribution in [0.4, 0.5) is 8.78 Å². The van der Waals surface area contributed by atoms with E-state index in [1.54, 1.807) is 0 Å². The van der Waals surface area contributed by atoms with Gasteiger partial charge >= 0.3 is 0 Å². The van der Waals surface area contributed by atoms with Crippen LogP contribution in [-0.2, 0) is 0 Å². The molecule has 1 aromatic rings. The van der Waals surface area contributed by atoms with Gasteiger partial charge < -0.3 is 9.84 Å². The summed E-state index contributed by atoms with van der Waals surface area (Å²) in [6, 6.07) is 1.16. The molecule has 0 atom stereocenters. The number of nitrogens with zero attached hydrogens (tertiary/aromatic N) is 1. The molecule has 0 amide bonds. The predicted octanol–water partition coefficient (Wildman–Crippen LogP) is 2.39. The van der Waals surface area contributed by atoms with E-state index in [9.17, 15) is 8.78 Å². The average Bonchev–Trinajstić information content (AvgIpc) is 2.08. The second kappa shape index (κ2) is 3.74. The summed E-state index contributed by atoms with van der Waals surface area (Å²) >= 11 is 5.41. The van der Waals surface area contributed by atoms with Gasteiger partial charge in [0.15, 0.2) is 17.2 Å². The highest BCUT2D eigenvalue weighted by molar-refractivity contribution is 6.29. The van der Waals surface area contributed by atoms with Crippen LogP contribution >= 0.6 is 11.6 Å². The van der Waals surface area contributed by atoms with E-state index in [2.05, 4.69) is 9.72 Å². The number of rotatable bonds is 2. The maximum Gasteiger partial charge on any atom is 0.284 e. The maximum absolute atomic E-state index is 12.2. The third-order valence-corrected chi connectivity index (χ3v) is 1.57. The van der Waals surface area contributed by atoms with Gasteiger partial charge in [0.25, 0.3) is 6.43 Å². The van der Waals surface area contributed by atoms with Crippen molar-refractivity contribution in [3.8, 4) is 11.5 Å². The molecule has 0 aliphatic carbocycles. The molecule has 0 aromatic carbocycles. The smallest absolute Gasteiger partial charge is 0.284 e. The van der Waals surface area contributed by atoms with Crippen LogP contribution in [0.3, 0.4) is 0 Å². The van der Waals surface area contributed by atoms with Gasteiger partial charge in [0, 0.05) is 6.07 Å². The number of aromatic nitrogens is 1. The minimum absolute atomic E-state index is 0.115.